The lowest BCUT2D eigenvalue weighted by molar-refractivity contribution is 0.418. The smallest absolute Gasteiger partial charge is 0.0421 e. The highest BCUT2D eigenvalue weighted by Gasteiger charge is 2.21. The fraction of sp³-hybridized carbons (Fsp3) is 0.600. The first kappa shape index (κ1) is 14.4. The summed E-state index contributed by atoms with van der Waals surface area (Å²) in [5.74, 6) is 0. The lowest BCUT2D eigenvalue weighted by Gasteiger charge is -2.36. The van der Waals surface area contributed by atoms with Crippen LogP contribution >= 0.6 is 31.9 Å². The number of nitrogens with zero attached hydrogens (tertiary/aromatic N) is 1. The molecule has 0 amide bonds. The molecule has 1 aromatic rings. The highest BCUT2D eigenvalue weighted by molar-refractivity contribution is 9.10. The van der Waals surface area contributed by atoms with E-state index in [4.69, 9.17) is 0 Å². The molecule has 0 unspecified atom stereocenters. The molecule has 1 nitrogen and oxygen atoms in total. The second kappa shape index (κ2) is 6.95. The normalized spacial score (nSPS) is 16.8. The molecule has 0 aliphatic heterocycles. The van der Waals surface area contributed by atoms with Gasteiger partial charge in [-0.15, -0.1) is 0 Å². The minimum Gasteiger partial charge on any atom is -0.369 e. The average Bonchev–Trinajstić information content (AvgIpc) is 2.41. The zero-order chi connectivity index (χ0) is 13.0. The molecular weight excluding hydrogens is 354 g/mol. The van der Waals surface area contributed by atoms with Crippen molar-refractivity contribution < 1.29 is 0 Å². The average molecular weight is 375 g/mol. The van der Waals surface area contributed by atoms with Crippen LogP contribution in [0.15, 0.2) is 22.7 Å². The molecule has 0 radical (unpaired) electrons. The van der Waals surface area contributed by atoms with Crippen LogP contribution in [-0.2, 0) is 5.33 Å². The molecule has 0 atom stereocenters. The Morgan fingerprint density at radius 1 is 1.22 bits per heavy atom. The summed E-state index contributed by atoms with van der Waals surface area (Å²) in [6, 6.07) is 7.36. The number of hydrogen-bond donors (Lipinski definition) is 0. The van der Waals surface area contributed by atoms with E-state index in [0.29, 0.717) is 0 Å². The predicted octanol–water partition coefficient (Wildman–Crippen LogP) is 5.50. The van der Waals surface area contributed by atoms with Crippen LogP contribution in [0.4, 0.5) is 5.69 Å². The van der Waals surface area contributed by atoms with Crippen molar-refractivity contribution >= 4 is 37.5 Å². The topological polar surface area (TPSA) is 3.24 Å². The van der Waals surface area contributed by atoms with E-state index in [0.717, 1.165) is 17.9 Å². The molecule has 1 saturated carbocycles. The van der Waals surface area contributed by atoms with Gasteiger partial charge in [-0.05, 0) is 37.5 Å². The molecular formula is C15H21Br2N. The number of anilines is 1. The van der Waals surface area contributed by atoms with Gasteiger partial charge in [0, 0.05) is 28.1 Å². The second-order valence-corrected chi connectivity index (χ2v) is 6.46. The summed E-state index contributed by atoms with van der Waals surface area (Å²) in [7, 11) is 0. The number of hydrogen-bond acceptors (Lipinski definition) is 1. The Hall–Kier alpha value is -0.0200. The zero-order valence-electron chi connectivity index (χ0n) is 11.0. The Bertz CT molecular complexity index is 386. The number of alkyl halides is 1. The van der Waals surface area contributed by atoms with E-state index >= 15 is 0 Å². The Labute approximate surface area is 127 Å². The first-order valence-corrected chi connectivity index (χ1v) is 8.78. The van der Waals surface area contributed by atoms with Gasteiger partial charge in [0.2, 0.25) is 0 Å². The van der Waals surface area contributed by atoms with Gasteiger partial charge in [-0.1, -0.05) is 57.2 Å². The molecule has 18 heavy (non-hydrogen) atoms. The molecule has 3 heteroatoms. The number of halogens is 2. The molecule has 0 aromatic heterocycles. The largest absolute Gasteiger partial charge is 0.369 e. The van der Waals surface area contributed by atoms with E-state index in [1.54, 1.807) is 0 Å². The summed E-state index contributed by atoms with van der Waals surface area (Å²) in [5.41, 5.74) is 2.79. The van der Waals surface area contributed by atoms with Gasteiger partial charge in [0.25, 0.3) is 0 Å². The van der Waals surface area contributed by atoms with Crippen LogP contribution in [0.1, 0.15) is 44.6 Å². The summed E-state index contributed by atoms with van der Waals surface area (Å²) >= 11 is 7.22. The summed E-state index contributed by atoms with van der Waals surface area (Å²) in [6.45, 7) is 3.37. The molecule has 1 aromatic carbocycles. The molecule has 0 spiro atoms. The Balaban J connectivity index is 2.27. The van der Waals surface area contributed by atoms with Crippen molar-refractivity contribution in [1.82, 2.24) is 0 Å². The maximum atomic E-state index is 3.61. The van der Waals surface area contributed by atoms with E-state index in [-0.39, 0.29) is 0 Å². The maximum absolute atomic E-state index is 3.61. The van der Waals surface area contributed by atoms with Gasteiger partial charge >= 0.3 is 0 Å². The Morgan fingerprint density at radius 3 is 2.56 bits per heavy atom. The molecule has 0 N–H and O–H groups in total. The van der Waals surface area contributed by atoms with Gasteiger partial charge < -0.3 is 4.90 Å². The molecule has 0 heterocycles. The van der Waals surface area contributed by atoms with Crippen molar-refractivity contribution in [2.24, 2.45) is 0 Å². The van der Waals surface area contributed by atoms with Crippen LogP contribution in [0.25, 0.3) is 0 Å². The predicted molar refractivity (Wildman–Crippen MR) is 86.7 cm³/mol. The third-order valence-corrected chi connectivity index (χ3v) is 4.95. The van der Waals surface area contributed by atoms with Crippen LogP contribution in [0, 0.1) is 0 Å². The summed E-state index contributed by atoms with van der Waals surface area (Å²) in [5, 5.41) is 0.929. The van der Waals surface area contributed by atoms with E-state index in [1.165, 1.54) is 47.8 Å². The minimum atomic E-state index is 0.732. The maximum Gasteiger partial charge on any atom is 0.0421 e. The van der Waals surface area contributed by atoms with Crippen LogP contribution in [0.3, 0.4) is 0 Å². The van der Waals surface area contributed by atoms with Gasteiger partial charge in [-0.25, -0.2) is 0 Å². The molecule has 1 aliphatic rings. The van der Waals surface area contributed by atoms with Crippen molar-refractivity contribution in [1.29, 1.82) is 0 Å². The Kier molecular flexibility index (Phi) is 5.56. The zero-order valence-corrected chi connectivity index (χ0v) is 14.1. The monoisotopic (exact) mass is 373 g/mol. The van der Waals surface area contributed by atoms with Crippen LogP contribution < -0.4 is 4.90 Å². The standard InChI is InChI=1S/C15H21Br2N/c1-2-18(14-6-4-3-5-7-14)15-10-13(17)9-8-12(15)11-16/h8-10,14H,2-7,11H2,1H3. The molecule has 0 saturated heterocycles. The van der Waals surface area contributed by atoms with Crippen LogP contribution in [0.2, 0.25) is 0 Å². The highest BCUT2D eigenvalue weighted by atomic mass is 79.9. The molecule has 1 aliphatic carbocycles. The van der Waals surface area contributed by atoms with E-state index in [2.05, 4.69) is 61.9 Å². The summed E-state index contributed by atoms with van der Waals surface area (Å²) in [4.78, 5) is 2.60. The first-order valence-electron chi connectivity index (χ1n) is 6.87. The number of benzene rings is 1. The van der Waals surface area contributed by atoms with E-state index in [1.807, 2.05) is 0 Å². The molecule has 100 valence electrons. The second-order valence-electron chi connectivity index (χ2n) is 4.98. The van der Waals surface area contributed by atoms with Gasteiger partial charge in [-0.3, -0.25) is 0 Å². The fourth-order valence-electron chi connectivity index (χ4n) is 2.94. The summed E-state index contributed by atoms with van der Waals surface area (Å²) < 4.78 is 1.18. The van der Waals surface area contributed by atoms with E-state index < -0.39 is 0 Å². The van der Waals surface area contributed by atoms with Crippen LogP contribution in [-0.4, -0.2) is 12.6 Å². The van der Waals surface area contributed by atoms with Crippen molar-refractivity contribution in [3.05, 3.63) is 28.2 Å². The fourth-order valence-corrected chi connectivity index (χ4v) is 3.76. The van der Waals surface area contributed by atoms with Crippen molar-refractivity contribution in [2.75, 3.05) is 11.4 Å². The lowest BCUT2D eigenvalue weighted by atomic mass is 9.93. The van der Waals surface area contributed by atoms with Crippen molar-refractivity contribution in [2.45, 2.75) is 50.4 Å². The Morgan fingerprint density at radius 2 is 1.94 bits per heavy atom. The molecule has 1 fully saturated rings. The van der Waals surface area contributed by atoms with Gasteiger partial charge in [-0.2, -0.15) is 0 Å². The quantitative estimate of drug-likeness (QED) is 0.628. The van der Waals surface area contributed by atoms with Crippen molar-refractivity contribution in [3.8, 4) is 0 Å². The first-order chi connectivity index (χ1) is 8.76. The highest BCUT2D eigenvalue weighted by Crippen LogP contribution is 2.32. The molecule has 2 rings (SSSR count). The van der Waals surface area contributed by atoms with E-state index in [9.17, 15) is 0 Å². The van der Waals surface area contributed by atoms with Gasteiger partial charge in [0.1, 0.15) is 0 Å². The van der Waals surface area contributed by atoms with Crippen molar-refractivity contribution in [3.63, 3.8) is 0 Å². The third kappa shape index (κ3) is 3.30. The minimum absolute atomic E-state index is 0.732. The summed E-state index contributed by atoms with van der Waals surface area (Å²) in [6.07, 6.45) is 6.89. The third-order valence-electron chi connectivity index (χ3n) is 3.86. The van der Waals surface area contributed by atoms with Gasteiger partial charge in [0.05, 0.1) is 0 Å². The number of rotatable bonds is 4. The molecule has 0 bridgehead atoms. The lowest BCUT2D eigenvalue weighted by Crippen LogP contribution is -2.37. The van der Waals surface area contributed by atoms with Crippen LogP contribution in [0.5, 0.6) is 0 Å². The van der Waals surface area contributed by atoms with Gasteiger partial charge in [0.15, 0.2) is 0 Å². The SMILES string of the molecule is CCN(c1cc(Br)ccc1CBr)C1CCCCC1.